The SMILES string of the molecule is C=C[C@H]1OCO[C@H]1[C@@H]1COC(C)(C)N1C(=O)OC(C)(C)C. The third-order valence-corrected chi connectivity index (χ3v) is 3.57. The van der Waals surface area contributed by atoms with Crippen molar-refractivity contribution in [3.63, 3.8) is 0 Å². The smallest absolute Gasteiger partial charge is 0.412 e. The summed E-state index contributed by atoms with van der Waals surface area (Å²) >= 11 is 0. The molecule has 0 N–H and O–H groups in total. The van der Waals surface area contributed by atoms with Crippen molar-refractivity contribution in [2.24, 2.45) is 0 Å². The average Bonchev–Trinajstić information content (AvgIpc) is 2.89. The van der Waals surface area contributed by atoms with Crippen molar-refractivity contribution in [2.45, 2.75) is 64.2 Å². The van der Waals surface area contributed by atoms with Crippen molar-refractivity contribution < 1.29 is 23.7 Å². The molecule has 0 aromatic carbocycles. The van der Waals surface area contributed by atoms with Gasteiger partial charge in [0.2, 0.25) is 0 Å². The van der Waals surface area contributed by atoms with Crippen molar-refractivity contribution in [1.82, 2.24) is 4.90 Å². The van der Waals surface area contributed by atoms with E-state index in [0.29, 0.717) is 6.61 Å². The number of nitrogens with zero attached hydrogens (tertiary/aromatic N) is 1. The summed E-state index contributed by atoms with van der Waals surface area (Å²) in [6, 6.07) is -0.264. The van der Waals surface area contributed by atoms with Gasteiger partial charge in [-0.1, -0.05) is 6.08 Å². The minimum absolute atomic E-state index is 0.195. The molecule has 2 fully saturated rings. The first kappa shape index (κ1) is 16.3. The molecule has 0 aromatic heterocycles. The summed E-state index contributed by atoms with van der Waals surface area (Å²) in [5, 5.41) is 0. The molecule has 0 radical (unpaired) electrons. The zero-order valence-corrected chi connectivity index (χ0v) is 13.4. The zero-order chi connectivity index (χ0) is 15.8. The standard InChI is InChI=1S/C15H25NO5/c1-7-11-12(19-9-18-11)10-8-20-15(5,6)16(10)13(17)21-14(2,3)4/h7,10-12H,1,8-9H2,2-6H3/t10-,11+,12-/m0/s1. The number of carbonyl (C=O) groups excluding carboxylic acids is 1. The first-order chi connectivity index (χ1) is 9.65. The Labute approximate surface area is 126 Å². The van der Waals surface area contributed by atoms with E-state index in [1.807, 2.05) is 34.6 Å². The average molecular weight is 299 g/mol. The lowest BCUT2D eigenvalue weighted by molar-refractivity contribution is -0.0690. The summed E-state index contributed by atoms with van der Waals surface area (Å²) in [5.74, 6) is 0. The molecule has 120 valence electrons. The molecule has 0 aliphatic carbocycles. The maximum atomic E-state index is 12.5. The van der Waals surface area contributed by atoms with Crippen LogP contribution < -0.4 is 0 Å². The Morgan fingerprint density at radius 2 is 2.05 bits per heavy atom. The van der Waals surface area contributed by atoms with E-state index < -0.39 is 17.4 Å². The highest BCUT2D eigenvalue weighted by atomic mass is 16.7. The summed E-state index contributed by atoms with van der Waals surface area (Å²) in [5.41, 5.74) is -1.31. The molecule has 3 atom stereocenters. The van der Waals surface area contributed by atoms with E-state index in [9.17, 15) is 4.79 Å². The minimum atomic E-state index is -0.745. The van der Waals surface area contributed by atoms with E-state index in [2.05, 4.69) is 6.58 Å². The van der Waals surface area contributed by atoms with Crippen LogP contribution in [0.25, 0.3) is 0 Å². The quantitative estimate of drug-likeness (QED) is 0.732. The lowest BCUT2D eigenvalue weighted by Crippen LogP contribution is -2.54. The van der Waals surface area contributed by atoms with Gasteiger partial charge < -0.3 is 18.9 Å². The van der Waals surface area contributed by atoms with Gasteiger partial charge in [0.15, 0.2) is 0 Å². The number of hydrogen-bond donors (Lipinski definition) is 0. The van der Waals surface area contributed by atoms with Crippen molar-refractivity contribution in [1.29, 1.82) is 0 Å². The fraction of sp³-hybridized carbons (Fsp3) is 0.800. The van der Waals surface area contributed by atoms with Gasteiger partial charge in [0.1, 0.15) is 30.3 Å². The molecule has 21 heavy (non-hydrogen) atoms. The molecule has 2 aliphatic rings. The molecule has 0 spiro atoms. The topological polar surface area (TPSA) is 57.2 Å². The second-order valence-corrected chi connectivity index (χ2v) is 6.79. The molecule has 0 unspecified atom stereocenters. The van der Waals surface area contributed by atoms with Crippen LogP contribution in [0.1, 0.15) is 34.6 Å². The van der Waals surface area contributed by atoms with Crippen molar-refractivity contribution in [2.75, 3.05) is 13.4 Å². The third kappa shape index (κ3) is 3.39. The van der Waals surface area contributed by atoms with Crippen LogP contribution >= 0.6 is 0 Å². The summed E-state index contributed by atoms with van der Waals surface area (Å²) < 4.78 is 22.3. The van der Waals surface area contributed by atoms with Gasteiger partial charge in [-0.3, -0.25) is 4.90 Å². The Kier molecular flexibility index (Phi) is 4.33. The lowest BCUT2D eigenvalue weighted by atomic mass is 10.0. The van der Waals surface area contributed by atoms with E-state index in [4.69, 9.17) is 18.9 Å². The minimum Gasteiger partial charge on any atom is -0.444 e. The molecule has 6 nitrogen and oxygen atoms in total. The molecule has 2 rings (SSSR count). The highest BCUT2D eigenvalue weighted by Gasteiger charge is 2.51. The summed E-state index contributed by atoms with van der Waals surface area (Å²) in [6.45, 7) is 13.5. The second kappa shape index (κ2) is 5.59. The van der Waals surface area contributed by atoms with Crippen LogP contribution in [0.5, 0.6) is 0 Å². The van der Waals surface area contributed by atoms with Crippen molar-refractivity contribution in [3.8, 4) is 0 Å². The third-order valence-electron chi connectivity index (χ3n) is 3.57. The monoisotopic (exact) mass is 299 g/mol. The molecule has 2 aliphatic heterocycles. The van der Waals surface area contributed by atoms with E-state index in [-0.39, 0.29) is 25.0 Å². The Morgan fingerprint density at radius 1 is 1.38 bits per heavy atom. The molecule has 0 saturated carbocycles. The van der Waals surface area contributed by atoms with Crippen molar-refractivity contribution >= 4 is 6.09 Å². The van der Waals surface area contributed by atoms with Crippen LogP contribution in [-0.2, 0) is 18.9 Å². The van der Waals surface area contributed by atoms with Crippen LogP contribution in [-0.4, -0.2) is 54.0 Å². The maximum Gasteiger partial charge on any atom is 0.412 e. The molecule has 2 heterocycles. The van der Waals surface area contributed by atoms with Crippen LogP contribution in [0.4, 0.5) is 4.79 Å². The second-order valence-electron chi connectivity index (χ2n) is 6.79. The maximum absolute atomic E-state index is 12.5. The molecule has 0 aromatic rings. The Bertz CT molecular complexity index is 415. The van der Waals surface area contributed by atoms with Crippen LogP contribution in [0.2, 0.25) is 0 Å². The fourth-order valence-electron chi connectivity index (χ4n) is 2.66. The summed E-state index contributed by atoms with van der Waals surface area (Å²) in [6.07, 6.45) is 0.735. The van der Waals surface area contributed by atoms with E-state index in [1.165, 1.54) is 0 Å². The van der Waals surface area contributed by atoms with Gasteiger partial charge in [0.25, 0.3) is 0 Å². The Hall–Kier alpha value is -1.11. The van der Waals surface area contributed by atoms with Crippen LogP contribution in [0, 0.1) is 0 Å². The van der Waals surface area contributed by atoms with Gasteiger partial charge in [0, 0.05) is 0 Å². The number of hydrogen-bond acceptors (Lipinski definition) is 5. The van der Waals surface area contributed by atoms with E-state index in [0.717, 1.165) is 0 Å². The highest BCUT2D eigenvalue weighted by molar-refractivity contribution is 5.70. The summed E-state index contributed by atoms with van der Waals surface area (Å²) in [4.78, 5) is 14.1. The first-order valence-electron chi connectivity index (χ1n) is 7.18. The van der Waals surface area contributed by atoms with Gasteiger partial charge in [-0.2, -0.15) is 0 Å². The zero-order valence-electron chi connectivity index (χ0n) is 13.4. The molecular weight excluding hydrogens is 274 g/mol. The normalized spacial score (nSPS) is 32.2. The van der Waals surface area contributed by atoms with Gasteiger partial charge in [0.05, 0.1) is 12.6 Å². The predicted molar refractivity (Wildman–Crippen MR) is 76.7 cm³/mol. The largest absolute Gasteiger partial charge is 0.444 e. The lowest BCUT2D eigenvalue weighted by Gasteiger charge is -2.37. The number of carbonyl (C=O) groups is 1. The molecular formula is C15H25NO5. The van der Waals surface area contributed by atoms with Crippen LogP contribution in [0.3, 0.4) is 0 Å². The van der Waals surface area contributed by atoms with Crippen LogP contribution in [0.15, 0.2) is 12.7 Å². The van der Waals surface area contributed by atoms with Gasteiger partial charge in [-0.05, 0) is 34.6 Å². The van der Waals surface area contributed by atoms with Gasteiger partial charge >= 0.3 is 6.09 Å². The Morgan fingerprint density at radius 3 is 2.62 bits per heavy atom. The first-order valence-corrected chi connectivity index (χ1v) is 7.18. The fourth-order valence-corrected chi connectivity index (χ4v) is 2.66. The molecule has 1 amide bonds. The molecule has 6 heteroatoms. The highest BCUT2D eigenvalue weighted by Crippen LogP contribution is 2.34. The van der Waals surface area contributed by atoms with Gasteiger partial charge in [-0.25, -0.2) is 4.79 Å². The Balaban J connectivity index is 2.20. The van der Waals surface area contributed by atoms with Gasteiger partial charge in [-0.15, -0.1) is 6.58 Å². The van der Waals surface area contributed by atoms with Crippen molar-refractivity contribution in [3.05, 3.63) is 12.7 Å². The predicted octanol–water partition coefficient (Wildman–Crippen LogP) is 2.29. The molecule has 2 saturated heterocycles. The number of rotatable bonds is 2. The molecule has 0 bridgehead atoms. The number of ether oxygens (including phenoxy) is 4. The van der Waals surface area contributed by atoms with E-state index >= 15 is 0 Å². The number of amides is 1. The van der Waals surface area contributed by atoms with E-state index in [1.54, 1.807) is 11.0 Å². The summed E-state index contributed by atoms with van der Waals surface area (Å²) in [7, 11) is 0.